The minimum atomic E-state index is 0.493. The van der Waals surface area contributed by atoms with Gasteiger partial charge in [-0.15, -0.1) is 11.3 Å². The van der Waals surface area contributed by atoms with E-state index in [1.165, 1.54) is 16.1 Å². The van der Waals surface area contributed by atoms with E-state index in [1.807, 2.05) is 11.3 Å². The highest BCUT2D eigenvalue weighted by Crippen LogP contribution is 2.35. The molecule has 1 nitrogen and oxygen atoms in total. The van der Waals surface area contributed by atoms with Crippen molar-refractivity contribution >= 4 is 17.0 Å². The molecule has 0 aliphatic carbocycles. The van der Waals surface area contributed by atoms with Crippen molar-refractivity contribution < 1.29 is 0 Å². The molecule has 1 aromatic carbocycles. The molecule has 0 saturated carbocycles. The van der Waals surface area contributed by atoms with Crippen LogP contribution in [0.25, 0.3) is 0 Å². The van der Waals surface area contributed by atoms with Gasteiger partial charge in [0.15, 0.2) is 0 Å². The minimum Gasteiger partial charge on any atom is -0.377 e. The first-order valence-corrected chi connectivity index (χ1v) is 5.69. The van der Waals surface area contributed by atoms with Crippen LogP contribution in [0.15, 0.2) is 41.8 Å². The number of benzene rings is 1. The Kier molecular flexibility index (Phi) is 1.81. The van der Waals surface area contributed by atoms with Crippen LogP contribution in [0.5, 0.6) is 0 Å². The Bertz CT molecular complexity index is 408. The molecule has 2 heteroatoms. The normalized spacial score (nSPS) is 19.0. The lowest BCUT2D eigenvalue weighted by Gasteiger charge is -2.07. The second kappa shape index (κ2) is 3.14. The molecule has 0 spiro atoms. The van der Waals surface area contributed by atoms with E-state index in [0.717, 1.165) is 6.42 Å². The molecule has 14 heavy (non-hydrogen) atoms. The zero-order valence-electron chi connectivity index (χ0n) is 7.73. The van der Waals surface area contributed by atoms with Crippen LogP contribution in [0.2, 0.25) is 0 Å². The highest BCUT2D eigenvalue weighted by atomic mass is 32.1. The summed E-state index contributed by atoms with van der Waals surface area (Å²) in [5, 5.41) is 5.69. The summed E-state index contributed by atoms with van der Waals surface area (Å²) < 4.78 is 0. The number of hydrogen-bond acceptors (Lipinski definition) is 2. The van der Waals surface area contributed by atoms with Gasteiger partial charge in [0, 0.05) is 10.6 Å². The quantitative estimate of drug-likeness (QED) is 0.745. The number of hydrogen-bond donors (Lipinski definition) is 1. The van der Waals surface area contributed by atoms with Crippen molar-refractivity contribution in [1.29, 1.82) is 0 Å². The number of thiophene rings is 1. The number of nitrogens with one attached hydrogen (secondary N) is 1. The van der Waals surface area contributed by atoms with Gasteiger partial charge in [-0.1, -0.05) is 24.3 Å². The Labute approximate surface area is 87.4 Å². The van der Waals surface area contributed by atoms with Gasteiger partial charge < -0.3 is 5.32 Å². The summed E-state index contributed by atoms with van der Waals surface area (Å²) >= 11 is 1.83. The summed E-state index contributed by atoms with van der Waals surface area (Å²) in [4.78, 5) is 1.43. The molecule has 0 saturated heterocycles. The van der Waals surface area contributed by atoms with Crippen LogP contribution in [0.1, 0.15) is 16.5 Å². The van der Waals surface area contributed by atoms with Crippen LogP contribution in [-0.4, -0.2) is 0 Å². The van der Waals surface area contributed by atoms with E-state index in [1.54, 1.807) is 0 Å². The maximum Gasteiger partial charge on any atom is 0.0647 e. The lowest BCUT2D eigenvalue weighted by atomic mass is 10.1. The van der Waals surface area contributed by atoms with Gasteiger partial charge in [0.2, 0.25) is 0 Å². The average molecular weight is 201 g/mol. The Hall–Kier alpha value is -1.28. The second-order valence-electron chi connectivity index (χ2n) is 3.57. The van der Waals surface area contributed by atoms with Crippen LogP contribution < -0.4 is 5.32 Å². The van der Waals surface area contributed by atoms with Crippen molar-refractivity contribution in [2.45, 2.75) is 12.5 Å². The van der Waals surface area contributed by atoms with E-state index >= 15 is 0 Å². The largest absolute Gasteiger partial charge is 0.377 e. The topological polar surface area (TPSA) is 12.0 Å². The van der Waals surface area contributed by atoms with Gasteiger partial charge in [-0.3, -0.25) is 0 Å². The van der Waals surface area contributed by atoms with Crippen molar-refractivity contribution in [3.05, 3.63) is 52.2 Å². The maximum atomic E-state index is 3.55. The molecule has 1 N–H and O–H groups in total. The Balaban J connectivity index is 1.92. The first-order valence-electron chi connectivity index (χ1n) is 4.81. The SMILES string of the molecule is c1csc([C@H]2Cc3ccccc3N2)c1. The van der Waals surface area contributed by atoms with E-state index in [2.05, 4.69) is 47.1 Å². The standard InChI is InChI=1S/C12H11NS/c1-2-5-10-9(4-1)8-11(13-10)12-6-3-7-14-12/h1-7,11,13H,8H2/t11-/m1/s1. The maximum absolute atomic E-state index is 3.55. The average Bonchev–Trinajstić information content (AvgIpc) is 2.86. The van der Waals surface area contributed by atoms with Gasteiger partial charge in [0.05, 0.1) is 6.04 Å². The van der Waals surface area contributed by atoms with E-state index in [4.69, 9.17) is 0 Å². The van der Waals surface area contributed by atoms with Crippen LogP contribution >= 0.6 is 11.3 Å². The first-order chi connectivity index (χ1) is 6.93. The van der Waals surface area contributed by atoms with Crippen molar-refractivity contribution in [2.75, 3.05) is 5.32 Å². The smallest absolute Gasteiger partial charge is 0.0647 e. The van der Waals surface area contributed by atoms with Crippen LogP contribution in [-0.2, 0) is 6.42 Å². The van der Waals surface area contributed by atoms with Crippen LogP contribution in [0.4, 0.5) is 5.69 Å². The molecule has 2 aromatic rings. The Morgan fingerprint density at radius 3 is 2.86 bits per heavy atom. The van der Waals surface area contributed by atoms with Crippen molar-refractivity contribution in [3.8, 4) is 0 Å². The molecule has 1 aliphatic heterocycles. The molecule has 0 fully saturated rings. The lowest BCUT2D eigenvalue weighted by molar-refractivity contribution is 0.843. The molecule has 70 valence electrons. The number of rotatable bonds is 1. The summed E-state index contributed by atoms with van der Waals surface area (Å²) in [6.07, 6.45) is 1.12. The van der Waals surface area contributed by atoms with Gasteiger partial charge in [0.1, 0.15) is 0 Å². The summed E-state index contributed by atoms with van der Waals surface area (Å²) in [7, 11) is 0. The summed E-state index contributed by atoms with van der Waals surface area (Å²) in [5.41, 5.74) is 2.73. The molecule has 0 amide bonds. The van der Waals surface area contributed by atoms with Gasteiger partial charge in [0.25, 0.3) is 0 Å². The Morgan fingerprint density at radius 2 is 2.07 bits per heavy atom. The van der Waals surface area contributed by atoms with E-state index in [9.17, 15) is 0 Å². The fraction of sp³-hybridized carbons (Fsp3) is 0.167. The van der Waals surface area contributed by atoms with Crippen molar-refractivity contribution in [3.63, 3.8) is 0 Å². The van der Waals surface area contributed by atoms with Gasteiger partial charge in [-0.2, -0.15) is 0 Å². The zero-order valence-corrected chi connectivity index (χ0v) is 8.55. The third-order valence-corrected chi connectivity index (χ3v) is 3.64. The van der Waals surface area contributed by atoms with Crippen LogP contribution in [0, 0.1) is 0 Å². The summed E-state index contributed by atoms with van der Waals surface area (Å²) in [6, 6.07) is 13.4. The van der Waals surface area contributed by atoms with Crippen molar-refractivity contribution in [2.24, 2.45) is 0 Å². The molecule has 1 atom stereocenters. The molecule has 1 aromatic heterocycles. The molecule has 0 radical (unpaired) electrons. The van der Waals surface area contributed by atoms with E-state index in [-0.39, 0.29) is 0 Å². The third-order valence-electron chi connectivity index (χ3n) is 2.66. The molecular weight excluding hydrogens is 190 g/mol. The van der Waals surface area contributed by atoms with Gasteiger partial charge >= 0.3 is 0 Å². The molecule has 0 bridgehead atoms. The number of anilines is 1. The predicted octanol–water partition coefficient (Wildman–Crippen LogP) is 3.46. The van der Waals surface area contributed by atoms with E-state index < -0.39 is 0 Å². The molecular formula is C12H11NS. The monoisotopic (exact) mass is 201 g/mol. The van der Waals surface area contributed by atoms with Gasteiger partial charge in [-0.05, 0) is 29.5 Å². The predicted molar refractivity (Wildman–Crippen MR) is 60.8 cm³/mol. The first kappa shape index (κ1) is 8.06. The zero-order chi connectivity index (χ0) is 9.38. The molecule has 3 rings (SSSR count). The highest BCUT2D eigenvalue weighted by molar-refractivity contribution is 7.10. The second-order valence-corrected chi connectivity index (χ2v) is 4.55. The number of fused-ring (bicyclic) bond motifs is 1. The van der Waals surface area contributed by atoms with E-state index in [0.29, 0.717) is 6.04 Å². The molecule has 2 heterocycles. The molecule has 0 unspecified atom stereocenters. The fourth-order valence-corrected chi connectivity index (χ4v) is 2.74. The fourth-order valence-electron chi connectivity index (χ4n) is 1.96. The summed E-state index contributed by atoms with van der Waals surface area (Å²) in [5.74, 6) is 0. The van der Waals surface area contributed by atoms with Crippen LogP contribution in [0.3, 0.4) is 0 Å². The minimum absolute atomic E-state index is 0.493. The number of para-hydroxylation sites is 1. The Morgan fingerprint density at radius 1 is 1.14 bits per heavy atom. The highest BCUT2D eigenvalue weighted by Gasteiger charge is 2.21. The lowest BCUT2D eigenvalue weighted by Crippen LogP contribution is -2.02. The van der Waals surface area contributed by atoms with Gasteiger partial charge in [-0.25, -0.2) is 0 Å². The molecule has 1 aliphatic rings. The van der Waals surface area contributed by atoms with Crippen molar-refractivity contribution in [1.82, 2.24) is 0 Å². The summed E-state index contributed by atoms with van der Waals surface area (Å²) in [6.45, 7) is 0. The third kappa shape index (κ3) is 1.23.